The molecule has 0 heterocycles. The maximum absolute atomic E-state index is 5.79. The summed E-state index contributed by atoms with van der Waals surface area (Å²) < 4.78 is 71.5. The second-order valence-corrected chi connectivity index (χ2v) is 12.5. The Morgan fingerprint density at radius 2 is 0.655 bits per heavy atom. The molecule has 13 nitrogen and oxygen atoms in total. The molecule has 0 saturated carbocycles. The molecule has 0 saturated heterocycles. The van der Waals surface area contributed by atoms with Gasteiger partial charge in [-0.15, -0.1) is 6.58 Å². The molecule has 1 rings (SSSR count). The van der Waals surface area contributed by atoms with Gasteiger partial charge in [0.1, 0.15) is 12.4 Å². The van der Waals surface area contributed by atoms with Crippen LogP contribution in [0, 0.1) is 0 Å². The summed E-state index contributed by atoms with van der Waals surface area (Å²) in [4.78, 5) is 0. The van der Waals surface area contributed by atoms with E-state index in [0.29, 0.717) is 165 Å². The molecule has 0 aromatic heterocycles. The molecule has 0 radical (unpaired) electrons. The first-order valence-corrected chi connectivity index (χ1v) is 20.6. The molecule has 0 aliphatic heterocycles. The molecule has 0 bridgehead atoms. The molecule has 0 unspecified atom stereocenters. The van der Waals surface area contributed by atoms with Gasteiger partial charge in [-0.25, -0.2) is 0 Å². The van der Waals surface area contributed by atoms with E-state index in [1.165, 1.54) is 50.5 Å². The van der Waals surface area contributed by atoms with Crippen molar-refractivity contribution < 1.29 is 61.6 Å². The van der Waals surface area contributed by atoms with Crippen LogP contribution in [0.3, 0.4) is 0 Å². The van der Waals surface area contributed by atoms with Crippen molar-refractivity contribution in [3.05, 3.63) is 42.5 Å². The highest BCUT2D eigenvalue weighted by molar-refractivity contribution is 5.27. The van der Waals surface area contributed by atoms with Crippen molar-refractivity contribution in [2.75, 3.05) is 165 Å². The summed E-state index contributed by atoms with van der Waals surface area (Å²) in [5.74, 6) is 0.886. The fourth-order valence-corrected chi connectivity index (χ4v) is 4.84. The van der Waals surface area contributed by atoms with E-state index in [4.69, 9.17) is 61.6 Å². The summed E-state index contributed by atoms with van der Waals surface area (Å²) in [5.41, 5.74) is 1.38. The maximum atomic E-state index is 5.79. The van der Waals surface area contributed by atoms with Gasteiger partial charge < -0.3 is 61.6 Å². The van der Waals surface area contributed by atoms with Crippen LogP contribution in [0.2, 0.25) is 0 Å². The quantitative estimate of drug-likeness (QED) is 0.0591. The molecular weight excluding hydrogens is 712 g/mol. The molecule has 0 aliphatic rings. The Kier molecular flexibility index (Phi) is 42.0. The van der Waals surface area contributed by atoms with Gasteiger partial charge in [-0.3, -0.25) is 0 Å². The van der Waals surface area contributed by atoms with Crippen molar-refractivity contribution in [3.8, 4) is 5.75 Å². The van der Waals surface area contributed by atoms with Gasteiger partial charge in [-0.05, 0) is 30.5 Å². The molecule has 1 aromatic rings. The fourth-order valence-electron chi connectivity index (χ4n) is 4.84. The third-order valence-corrected chi connectivity index (χ3v) is 7.82. The summed E-state index contributed by atoms with van der Waals surface area (Å²) in [6.07, 6.45) is 12.2. The van der Waals surface area contributed by atoms with Gasteiger partial charge in [-0.1, -0.05) is 63.7 Å². The second kappa shape index (κ2) is 45.0. The van der Waals surface area contributed by atoms with Crippen LogP contribution in [-0.4, -0.2) is 165 Å². The first kappa shape index (κ1) is 51.3. The van der Waals surface area contributed by atoms with Crippen LogP contribution < -0.4 is 4.74 Å². The van der Waals surface area contributed by atoms with E-state index >= 15 is 0 Å². The summed E-state index contributed by atoms with van der Waals surface area (Å²) in [6.45, 7) is 18.9. The SMILES string of the molecule is C=CCOCCOCCOCCOCCOCCOCCOCCOCCOCCOCCOCCOCCOc1ccc(CCCCCCCCC)cc1. The van der Waals surface area contributed by atoms with Crippen molar-refractivity contribution in [1.82, 2.24) is 0 Å². The van der Waals surface area contributed by atoms with Gasteiger partial charge in [-0.2, -0.15) is 0 Å². The van der Waals surface area contributed by atoms with Crippen molar-refractivity contribution in [1.29, 1.82) is 0 Å². The summed E-state index contributed by atoms with van der Waals surface area (Å²) in [7, 11) is 0. The van der Waals surface area contributed by atoms with E-state index in [2.05, 4.69) is 37.8 Å². The largest absolute Gasteiger partial charge is 0.491 e. The zero-order valence-corrected chi connectivity index (χ0v) is 34.2. The molecular formula is C42H76O13. The number of rotatable bonds is 47. The Morgan fingerprint density at radius 3 is 0.982 bits per heavy atom. The molecule has 0 N–H and O–H groups in total. The lowest BCUT2D eigenvalue weighted by Crippen LogP contribution is -2.15. The molecule has 0 amide bonds. The van der Waals surface area contributed by atoms with E-state index < -0.39 is 0 Å². The number of aryl methyl sites for hydroxylation is 1. The number of ether oxygens (including phenoxy) is 13. The van der Waals surface area contributed by atoms with Gasteiger partial charge in [0, 0.05) is 0 Å². The number of hydrogen-bond acceptors (Lipinski definition) is 13. The zero-order valence-electron chi connectivity index (χ0n) is 34.2. The Labute approximate surface area is 332 Å². The Morgan fingerprint density at radius 1 is 0.364 bits per heavy atom. The van der Waals surface area contributed by atoms with Crippen LogP contribution in [0.25, 0.3) is 0 Å². The van der Waals surface area contributed by atoms with Gasteiger partial charge >= 0.3 is 0 Å². The molecule has 0 spiro atoms. The summed E-state index contributed by atoms with van der Waals surface area (Å²) in [6, 6.07) is 8.45. The van der Waals surface area contributed by atoms with E-state index in [1.807, 2.05) is 0 Å². The predicted octanol–water partition coefficient (Wildman–Crippen LogP) is 5.74. The average Bonchev–Trinajstić information content (AvgIpc) is 3.20. The smallest absolute Gasteiger partial charge is 0.119 e. The van der Waals surface area contributed by atoms with Crippen LogP contribution in [0.1, 0.15) is 57.4 Å². The predicted molar refractivity (Wildman–Crippen MR) is 214 cm³/mol. The highest BCUT2D eigenvalue weighted by Gasteiger charge is 1.99. The van der Waals surface area contributed by atoms with Gasteiger partial charge in [0.25, 0.3) is 0 Å². The average molecular weight is 789 g/mol. The second-order valence-electron chi connectivity index (χ2n) is 12.5. The first-order valence-electron chi connectivity index (χ1n) is 20.6. The van der Waals surface area contributed by atoms with Crippen LogP contribution >= 0.6 is 0 Å². The third-order valence-electron chi connectivity index (χ3n) is 7.82. The Hall–Kier alpha value is -1.72. The lowest BCUT2D eigenvalue weighted by Gasteiger charge is -2.09. The topological polar surface area (TPSA) is 120 Å². The Balaban J connectivity index is 1.67. The van der Waals surface area contributed by atoms with E-state index in [-0.39, 0.29) is 0 Å². The van der Waals surface area contributed by atoms with Gasteiger partial charge in [0.05, 0.1) is 159 Å². The van der Waals surface area contributed by atoms with Crippen molar-refractivity contribution in [3.63, 3.8) is 0 Å². The highest BCUT2D eigenvalue weighted by atomic mass is 16.6. The molecule has 1 aromatic carbocycles. The number of hydrogen-bond donors (Lipinski definition) is 0. The lowest BCUT2D eigenvalue weighted by atomic mass is 10.0. The molecule has 0 aliphatic carbocycles. The fraction of sp³-hybridized carbons (Fsp3) is 0.810. The van der Waals surface area contributed by atoms with Crippen LogP contribution in [0.4, 0.5) is 0 Å². The maximum Gasteiger partial charge on any atom is 0.119 e. The van der Waals surface area contributed by atoms with E-state index in [9.17, 15) is 0 Å². The molecule has 13 heteroatoms. The van der Waals surface area contributed by atoms with E-state index in [0.717, 1.165) is 12.2 Å². The van der Waals surface area contributed by atoms with Gasteiger partial charge in [0.2, 0.25) is 0 Å². The summed E-state index contributed by atoms with van der Waals surface area (Å²) >= 11 is 0. The number of benzene rings is 1. The first-order chi connectivity index (χ1) is 27.4. The highest BCUT2D eigenvalue weighted by Crippen LogP contribution is 2.15. The normalized spacial score (nSPS) is 11.4. The lowest BCUT2D eigenvalue weighted by molar-refractivity contribution is -0.0283. The zero-order chi connectivity index (χ0) is 39.2. The molecule has 55 heavy (non-hydrogen) atoms. The van der Waals surface area contributed by atoms with E-state index in [1.54, 1.807) is 6.08 Å². The van der Waals surface area contributed by atoms with Crippen LogP contribution in [-0.2, 0) is 63.3 Å². The van der Waals surface area contributed by atoms with Crippen molar-refractivity contribution in [2.24, 2.45) is 0 Å². The number of unbranched alkanes of at least 4 members (excludes halogenated alkanes) is 6. The van der Waals surface area contributed by atoms with Crippen LogP contribution in [0.5, 0.6) is 5.75 Å². The minimum absolute atomic E-state index is 0.509. The molecule has 0 atom stereocenters. The van der Waals surface area contributed by atoms with Crippen molar-refractivity contribution in [2.45, 2.75) is 58.3 Å². The summed E-state index contributed by atoms with van der Waals surface area (Å²) in [5, 5.41) is 0. The minimum atomic E-state index is 0.509. The third kappa shape index (κ3) is 40.3. The monoisotopic (exact) mass is 789 g/mol. The molecule has 322 valence electrons. The van der Waals surface area contributed by atoms with Gasteiger partial charge in [0.15, 0.2) is 0 Å². The Bertz CT molecular complexity index is 877. The van der Waals surface area contributed by atoms with Crippen LogP contribution in [0.15, 0.2) is 36.9 Å². The van der Waals surface area contributed by atoms with Crippen molar-refractivity contribution >= 4 is 0 Å². The molecule has 0 fully saturated rings. The minimum Gasteiger partial charge on any atom is -0.491 e. The standard InChI is InChI=1S/C42H76O13/c1-3-5-6-7-8-9-10-11-41-12-14-42(15-13-41)55-40-39-54-38-37-53-36-35-52-34-33-51-32-31-50-30-29-49-28-27-48-26-25-47-24-23-46-22-21-45-20-19-44-18-17-43-16-4-2/h4,12-15H,2-3,5-11,16-40H2,1H3.